The molecule has 0 spiro atoms. The number of alkyl halides is 1. The molecule has 2 atom stereocenters. The highest BCUT2D eigenvalue weighted by Crippen LogP contribution is 2.28. The van der Waals surface area contributed by atoms with E-state index < -0.39 is 18.2 Å². The molecule has 0 bridgehead atoms. The van der Waals surface area contributed by atoms with Crippen molar-refractivity contribution in [3.05, 3.63) is 28.8 Å². The highest BCUT2D eigenvalue weighted by molar-refractivity contribution is 6.32. The minimum absolute atomic E-state index is 0. The van der Waals surface area contributed by atoms with E-state index in [1.54, 1.807) is 13.0 Å². The van der Waals surface area contributed by atoms with Gasteiger partial charge < -0.3 is 15.2 Å². The Morgan fingerprint density at radius 1 is 1.53 bits per heavy atom. The number of hydrogen-bond acceptors (Lipinski definition) is 4. The molecule has 0 amide bonds. The normalized spacial score (nSPS) is 13.1. The van der Waals surface area contributed by atoms with Gasteiger partial charge in [-0.2, -0.15) is 0 Å². The predicted octanol–water partition coefficient (Wildman–Crippen LogP) is 2.67. The lowest BCUT2D eigenvalue weighted by molar-refractivity contribution is -0.149. The second-order valence-electron chi connectivity index (χ2n) is 3.57. The van der Waals surface area contributed by atoms with Gasteiger partial charge >= 0.3 is 5.97 Å². The number of nitrogens with two attached hydrogens (primary N) is 1. The van der Waals surface area contributed by atoms with Crippen molar-refractivity contribution in [2.24, 2.45) is 5.73 Å². The molecular formula is C12H16Cl2FNO3. The van der Waals surface area contributed by atoms with Crippen molar-refractivity contribution in [1.29, 1.82) is 0 Å². The summed E-state index contributed by atoms with van der Waals surface area (Å²) in [5.41, 5.74) is 6.08. The van der Waals surface area contributed by atoms with Gasteiger partial charge in [-0.3, -0.25) is 0 Å². The number of hydrogen-bond donors (Lipinski definition) is 1. The molecule has 7 heteroatoms. The zero-order chi connectivity index (χ0) is 13.7. The Bertz CT molecular complexity index is 431. The highest BCUT2D eigenvalue weighted by Gasteiger charge is 2.28. The zero-order valence-corrected chi connectivity index (χ0v) is 12.1. The summed E-state index contributed by atoms with van der Waals surface area (Å²) in [4.78, 5) is 11.2. The van der Waals surface area contributed by atoms with E-state index in [0.717, 1.165) is 0 Å². The molecule has 2 N–H and O–H groups in total. The molecule has 4 nitrogen and oxygen atoms in total. The monoisotopic (exact) mass is 311 g/mol. The molecule has 0 aromatic heterocycles. The second kappa shape index (κ2) is 8.19. The summed E-state index contributed by atoms with van der Waals surface area (Å²) in [6, 6.07) is 3.46. The lowest BCUT2D eigenvalue weighted by Crippen LogP contribution is -2.31. The standard InChI is InChI=1S/C12H15ClFNO3.ClH/c1-3-18-12(16)10(14)11(15)7-4-5-8(13)9(6-7)17-2;/h4-6,10-11H,3,15H2,1-2H3;1H/t10?,11-;/m1./s1. The summed E-state index contributed by atoms with van der Waals surface area (Å²) in [5.74, 6) is -0.598. The maximum atomic E-state index is 13.7. The molecule has 0 fully saturated rings. The molecule has 0 heterocycles. The van der Waals surface area contributed by atoms with Crippen molar-refractivity contribution in [3.63, 3.8) is 0 Å². The number of halogens is 3. The number of rotatable bonds is 5. The Morgan fingerprint density at radius 3 is 2.68 bits per heavy atom. The Kier molecular flexibility index (Phi) is 7.75. The first kappa shape index (κ1) is 18.0. The minimum Gasteiger partial charge on any atom is -0.495 e. The summed E-state index contributed by atoms with van der Waals surface area (Å²) in [7, 11) is 1.44. The van der Waals surface area contributed by atoms with E-state index in [-0.39, 0.29) is 19.0 Å². The topological polar surface area (TPSA) is 61.5 Å². The van der Waals surface area contributed by atoms with Crippen LogP contribution in [-0.2, 0) is 9.53 Å². The molecule has 0 saturated heterocycles. The van der Waals surface area contributed by atoms with E-state index in [0.29, 0.717) is 16.3 Å². The summed E-state index contributed by atoms with van der Waals surface area (Å²) >= 11 is 5.84. The van der Waals surface area contributed by atoms with Crippen molar-refractivity contribution < 1.29 is 18.7 Å². The largest absolute Gasteiger partial charge is 0.495 e. The molecule has 0 radical (unpaired) electrons. The summed E-state index contributed by atoms with van der Waals surface area (Å²) in [5, 5.41) is 0.389. The van der Waals surface area contributed by atoms with Gasteiger partial charge in [0.1, 0.15) is 5.75 Å². The SMILES string of the molecule is CCOC(=O)C(F)[C@H](N)c1ccc(Cl)c(OC)c1.Cl. The quantitative estimate of drug-likeness (QED) is 0.849. The molecule has 108 valence electrons. The molecule has 0 saturated carbocycles. The molecule has 1 aromatic rings. The van der Waals surface area contributed by atoms with E-state index >= 15 is 0 Å². The smallest absolute Gasteiger partial charge is 0.342 e. The summed E-state index contributed by atoms with van der Waals surface area (Å²) < 4.78 is 23.3. The third kappa shape index (κ3) is 4.53. The first-order chi connectivity index (χ1) is 8.51. The molecule has 0 aliphatic heterocycles. The molecular weight excluding hydrogens is 296 g/mol. The first-order valence-electron chi connectivity index (χ1n) is 5.41. The average molecular weight is 312 g/mol. The average Bonchev–Trinajstić information content (AvgIpc) is 2.38. The van der Waals surface area contributed by atoms with Gasteiger partial charge in [-0.1, -0.05) is 17.7 Å². The Balaban J connectivity index is 0.00000324. The lowest BCUT2D eigenvalue weighted by Gasteiger charge is -2.16. The number of ether oxygens (including phenoxy) is 2. The zero-order valence-electron chi connectivity index (χ0n) is 10.6. The van der Waals surface area contributed by atoms with Gasteiger partial charge in [-0.25, -0.2) is 9.18 Å². The Labute approximate surface area is 122 Å². The third-order valence-electron chi connectivity index (χ3n) is 2.39. The van der Waals surface area contributed by atoms with Crippen LogP contribution in [0.15, 0.2) is 18.2 Å². The van der Waals surface area contributed by atoms with Crippen LogP contribution in [0.5, 0.6) is 5.75 Å². The van der Waals surface area contributed by atoms with Gasteiger partial charge in [-0.15, -0.1) is 12.4 Å². The van der Waals surface area contributed by atoms with Crippen LogP contribution in [0.4, 0.5) is 4.39 Å². The third-order valence-corrected chi connectivity index (χ3v) is 2.70. The minimum atomic E-state index is -1.92. The van der Waals surface area contributed by atoms with Crippen LogP contribution in [0.25, 0.3) is 0 Å². The van der Waals surface area contributed by atoms with Crippen LogP contribution >= 0.6 is 24.0 Å². The first-order valence-corrected chi connectivity index (χ1v) is 5.78. The van der Waals surface area contributed by atoms with Gasteiger partial charge in [0, 0.05) is 0 Å². The van der Waals surface area contributed by atoms with Crippen molar-refractivity contribution >= 4 is 30.0 Å². The summed E-state index contributed by atoms with van der Waals surface area (Å²) in [6.07, 6.45) is -1.92. The van der Waals surface area contributed by atoms with Crippen molar-refractivity contribution in [2.75, 3.05) is 13.7 Å². The van der Waals surface area contributed by atoms with E-state index in [4.69, 9.17) is 22.1 Å². The molecule has 19 heavy (non-hydrogen) atoms. The number of esters is 1. The lowest BCUT2D eigenvalue weighted by atomic mass is 10.0. The number of carbonyl (C=O) groups is 1. The van der Waals surface area contributed by atoms with Crippen molar-refractivity contribution in [3.8, 4) is 5.75 Å². The van der Waals surface area contributed by atoms with Crippen LogP contribution in [-0.4, -0.2) is 25.9 Å². The Morgan fingerprint density at radius 2 is 2.16 bits per heavy atom. The fraction of sp³-hybridized carbons (Fsp3) is 0.417. The second-order valence-corrected chi connectivity index (χ2v) is 3.98. The maximum absolute atomic E-state index is 13.7. The fourth-order valence-corrected chi connectivity index (χ4v) is 1.62. The number of methoxy groups -OCH3 is 1. The van der Waals surface area contributed by atoms with Crippen LogP contribution in [0.2, 0.25) is 5.02 Å². The van der Waals surface area contributed by atoms with E-state index in [1.807, 2.05) is 0 Å². The fourth-order valence-electron chi connectivity index (χ4n) is 1.42. The van der Waals surface area contributed by atoms with E-state index in [2.05, 4.69) is 4.74 Å². The van der Waals surface area contributed by atoms with Gasteiger partial charge in [-0.05, 0) is 24.6 Å². The van der Waals surface area contributed by atoms with Crippen LogP contribution in [0.1, 0.15) is 18.5 Å². The number of benzene rings is 1. The molecule has 0 aliphatic rings. The van der Waals surface area contributed by atoms with Gasteiger partial charge in [0.25, 0.3) is 0 Å². The molecule has 0 aliphatic carbocycles. The van der Waals surface area contributed by atoms with Gasteiger partial charge in [0.15, 0.2) is 0 Å². The number of carbonyl (C=O) groups excluding carboxylic acids is 1. The molecule has 1 rings (SSSR count). The predicted molar refractivity (Wildman–Crippen MR) is 73.7 cm³/mol. The van der Waals surface area contributed by atoms with Gasteiger partial charge in [0.2, 0.25) is 6.17 Å². The van der Waals surface area contributed by atoms with Crippen LogP contribution in [0, 0.1) is 0 Å². The summed E-state index contributed by atoms with van der Waals surface area (Å²) in [6.45, 7) is 1.71. The van der Waals surface area contributed by atoms with Crippen molar-refractivity contribution in [1.82, 2.24) is 0 Å². The molecule has 1 aromatic carbocycles. The van der Waals surface area contributed by atoms with Crippen molar-refractivity contribution in [2.45, 2.75) is 19.1 Å². The van der Waals surface area contributed by atoms with E-state index in [1.165, 1.54) is 19.2 Å². The van der Waals surface area contributed by atoms with Gasteiger partial charge in [0.05, 0.1) is 24.8 Å². The molecule has 1 unspecified atom stereocenters. The Hall–Kier alpha value is -1.04. The van der Waals surface area contributed by atoms with Crippen LogP contribution < -0.4 is 10.5 Å². The van der Waals surface area contributed by atoms with E-state index in [9.17, 15) is 9.18 Å². The maximum Gasteiger partial charge on any atom is 0.342 e. The highest BCUT2D eigenvalue weighted by atomic mass is 35.5. The van der Waals surface area contributed by atoms with Crippen LogP contribution in [0.3, 0.4) is 0 Å².